The van der Waals surface area contributed by atoms with Crippen LogP contribution < -0.4 is 4.90 Å². The van der Waals surface area contributed by atoms with E-state index in [0.29, 0.717) is 5.56 Å². The molecule has 1 aromatic heterocycles. The number of anilines is 2. The zero-order valence-corrected chi connectivity index (χ0v) is 10.3. The number of carboxylic acids is 1. The van der Waals surface area contributed by atoms with Crippen molar-refractivity contribution in [3.05, 3.63) is 53.9 Å². The number of aromatic nitrogens is 1. The van der Waals surface area contributed by atoms with Crippen molar-refractivity contribution in [1.82, 2.24) is 4.98 Å². The number of aryl methyl sites for hydroxylation is 1. The maximum atomic E-state index is 10.9. The number of benzene rings is 1. The van der Waals surface area contributed by atoms with Crippen molar-refractivity contribution >= 4 is 17.3 Å². The van der Waals surface area contributed by atoms with Gasteiger partial charge in [0, 0.05) is 18.9 Å². The van der Waals surface area contributed by atoms with Crippen molar-refractivity contribution in [1.29, 1.82) is 0 Å². The van der Waals surface area contributed by atoms with E-state index in [9.17, 15) is 4.79 Å². The average molecular weight is 242 g/mol. The van der Waals surface area contributed by atoms with Crippen LogP contribution in [-0.2, 0) is 0 Å². The van der Waals surface area contributed by atoms with Gasteiger partial charge in [0.15, 0.2) is 0 Å². The zero-order valence-electron chi connectivity index (χ0n) is 10.3. The monoisotopic (exact) mass is 242 g/mol. The molecule has 2 aromatic rings. The Morgan fingerprint density at radius 2 is 2.11 bits per heavy atom. The highest BCUT2D eigenvalue weighted by Gasteiger charge is 2.10. The van der Waals surface area contributed by atoms with Crippen LogP contribution in [0.25, 0.3) is 0 Å². The van der Waals surface area contributed by atoms with Crippen LogP contribution in [0.3, 0.4) is 0 Å². The number of rotatable bonds is 3. The zero-order chi connectivity index (χ0) is 13.1. The Bertz CT molecular complexity index is 567. The first-order valence-corrected chi connectivity index (χ1v) is 5.57. The van der Waals surface area contributed by atoms with Gasteiger partial charge in [-0.3, -0.25) is 4.98 Å². The molecule has 92 valence electrons. The summed E-state index contributed by atoms with van der Waals surface area (Å²) in [4.78, 5) is 16.9. The third kappa shape index (κ3) is 2.32. The molecule has 0 aliphatic rings. The van der Waals surface area contributed by atoms with Gasteiger partial charge >= 0.3 is 5.97 Å². The third-order valence-corrected chi connectivity index (χ3v) is 2.84. The van der Waals surface area contributed by atoms with Crippen LogP contribution in [0.15, 0.2) is 42.7 Å². The fraction of sp³-hybridized carbons (Fsp3) is 0.143. The Morgan fingerprint density at radius 3 is 2.67 bits per heavy atom. The molecule has 0 radical (unpaired) electrons. The average Bonchev–Trinajstić information content (AvgIpc) is 2.38. The Hall–Kier alpha value is -2.36. The molecule has 2 rings (SSSR count). The smallest absolute Gasteiger partial charge is 0.335 e. The minimum absolute atomic E-state index is 0.302. The predicted octanol–water partition coefficient (Wildman–Crippen LogP) is 2.86. The molecule has 0 spiro atoms. The van der Waals surface area contributed by atoms with Crippen LogP contribution in [0, 0.1) is 6.92 Å². The van der Waals surface area contributed by atoms with Gasteiger partial charge in [0.1, 0.15) is 0 Å². The van der Waals surface area contributed by atoms with Crippen molar-refractivity contribution in [2.75, 3.05) is 11.9 Å². The van der Waals surface area contributed by atoms with Crippen LogP contribution >= 0.6 is 0 Å². The number of carboxylic acid groups (broad SMARTS) is 1. The standard InChI is InChI=1S/C14H14N2O2/c1-10-8-11(14(17)18)5-6-13(10)16(2)12-4-3-7-15-9-12/h3-9H,1-2H3,(H,17,18). The molecule has 4 heteroatoms. The van der Waals surface area contributed by atoms with E-state index >= 15 is 0 Å². The van der Waals surface area contributed by atoms with Gasteiger partial charge in [0.25, 0.3) is 0 Å². The normalized spacial score (nSPS) is 10.1. The molecule has 1 N–H and O–H groups in total. The maximum Gasteiger partial charge on any atom is 0.335 e. The Morgan fingerprint density at radius 1 is 1.33 bits per heavy atom. The molecule has 0 aliphatic carbocycles. The number of carbonyl (C=O) groups is 1. The molecular formula is C14H14N2O2. The first-order valence-electron chi connectivity index (χ1n) is 5.57. The molecule has 0 saturated carbocycles. The van der Waals surface area contributed by atoms with E-state index in [0.717, 1.165) is 16.9 Å². The lowest BCUT2D eigenvalue weighted by molar-refractivity contribution is 0.0697. The summed E-state index contributed by atoms with van der Waals surface area (Å²) in [7, 11) is 1.93. The summed E-state index contributed by atoms with van der Waals surface area (Å²) in [6.45, 7) is 1.90. The molecule has 0 fully saturated rings. The van der Waals surface area contributed by atoms with Gasteiger partial charge in [-0.2, -0.15) is 0 Å². The third-order valence-electron chi connectivity index (χ3n) is 2.84. The fourth-order valence-electron chi connectivity index (χ4n) is 1.86. The molecule has 4 nitrogen and oxygen atoms in total. The van der Waals surface area contributed by atoms with E-state index < -0.39 is 5.97 Å². The van der Waals surface area contributed by atoms with Crippen molar-refractivity contribution < 1.29 is 9.90 Å². The molecular weight excluding hydrogens is 228 g/mol. The van der Waals surface area contributed by atoms with Crippen LogP contribution in [0.5, 0.6) is 0 Å². The molecule has 0 atom stereocenters. The molecule has 1 heterocycles. The molecule has 18 heavy (non-hydrogen) atoms. The van der Waals surface area contributed by atoms with Gasteiger partial charge in [-0.05, 0) is 42.8 Å². The summed E-state index contributed by atoms with van der Waals surface area (Å²) in [5.41, 5.74) is 3.15. The SMILES string of the molecule is Cc1cc(C(=O)O)ccc1N(C)c1cccnc1. The van der Waals surface area contributed by atoms with Gasteiger partial charge in [0.2, 0.25) is 0 Å². The summed E-state index contributed by atoms with van der Waals surface area (Å²) in [6, 6.07) is 8.91. The van der Waals surface area contributed by atoms with Crippen LogP contribution in [0.2, 0.25) is 0 Å². The Kier molecular flexibility index (Phi) is 3.28. The molecule has 1 aromatic carbocycles. The van der Waals surface area contributed by atoms with E-state index in [1.807, 2.05) is 37.1 Å². The van der Waals surface area contributed by atoms with E-state index in [1.165, 1.54) is 0 Å². The van der Waals surface area contributed by atoms with Crippen molar-refractivity contribution in [2.24, 2.45) is 0 Å². The lowest BCUT2D eigenvalue weighted by Gasteiger charge is -2.21. The van der Waals surface area contributed by atoms with Gasteiger partial charge in [0.05, 0.1) is 17.4 Å². The molecule has 0 bridgehead atoms. The van der Waals surface area contributed by atoms with Crippen LogP contribution in [-0.4, -0.2) is 23.1 Å². The van der Waals surface area contributed by atoms with Crippen LogP contribution in [0.4, 0.5) is 11.4 Å². The summed E-state index contributed by atoms with van der Waals surface area (Å²) in [6.07, 6.45) is 3.49. The first-order chi connectivity index (χ1) is 8.59. The van der Waals surface area contributed by atoms with Gasteiger partial charge < -0.3 is 10.0 Å². The minimum atomic E-state index is -0.909. The highest BCUT2D eigenvalue weighted by molar-refractivity contribution is 5.88. The Labute approximate surface area is 106 Å². The summed E-state index contributed by atoms with van der Waals surface area (Å²) in [5.74, 6) is -0.909. The lowest BCUT2D eigenvalue weighted by atomic mass is 10.1. The number of nitrogens with zero attached hydrogens (tertiary/aromatic N) is 2. The molecule has 0 amide bonds. The van der Waals surface area contributed by atoms with Gasteiger partial charge in [-0.25, -0.2) is 4.79 Å². The van der Waals surface area contributed by atoms with E-state index in [-0.39, 0.29) is 0 Å². The topological polar surface area (TPSA) is 53.4 Å². The summed E-state index contributed by atoms with van der Waals surface area (Å²) >= 11 is 0. The molecule has 0 aliphatic heterocycles. The highest BCUT2D eigenvalue weighted by atomic mass is 16.4. The number of pyridine rings is 1. The van der Waals surface area contributed by atoms with Gasteiger partial charge in [-0.15, -0.1) is 0 Å². The minimum Gasteiger partial charge on any atom is -0.478 e. The van der Waals surface area contributed by atoms with Crippen molar-refractivity contribution in [3.8, 4) is 0 Å². The largest absolute Gasteiger partial charge is 0.478 e. The predicted molar refractivity (Wildman–Crippen MR) is 70.4 cm³/mol. The molecule has 0 saturated heterocycles. The lowest BCUT2D eigenvalue weighted by Crippen LogP contribution is -2.11. The summed E-state index contributed by atoms with van der Waals surface area (Å²) < 4.78 is 0. The van der Waals surface area contributed by atoms with E-state index in [1.54, 1.807) is 24.5 Å². The van der Waals surface area contributed by atoms with Gasteiger partial charge in [-0.1, -0.05) is 0 Å². The van der Waals surface area contributed by atoms with E-state index in [2.05, 4.69) is 4.98 Å². The van der Waals surface area contributed by atoms with Crippen molar-refractivity contribution in [3.63, 3.8) is 0 Å². The second-order valence-electron chi connectivity index (χ2n) is 4.08. The van der Waals surface area contributed by atoms with E-state index in [4.69, 9.17) is 5.11 Å². The molecule has 0 unspecified atom stereocenters. The number of hydrogen-bond donors (Lipinski definition) is 1. The number of hydrogen-bond acceptors (Lipinski definition) is 3. The first kappa shape index (κ1) is 12.1. The second-order valence-corrected chi connectivity index (χ2v) is 4.08. The second kappa shape index (κ2) is 4.87. The maximum absolute atomic E-state index is 10.9. The van der Waals surface area contributed by atoms with Crippen LogP contribution in [0.1, 0.15) is 15.9 Å². The van der Waals surface area contributed by atoms with Crippen molar-refractivity contribution in [2.45, 2.75) is 6.92 Å². The fourth-order valence-corrected chi connectivity index (χ4v) is 1.86. The quantitative estimate of drug-likeness (QED) is 0.899. The summed E-state index contributed by atoms with van der Waals surface area (Å²) in [5, 5.41) is 8.93. The Balaban J connectivity index is 2.37. The number of aromatic carboxylic acids is 1. The highest BCUT2D eigenvalue weighted by Crippen LogP contribution is 2.26.